The summed E-state index contributed by atoms with van der Waals surface area (Å²) in [7, 11) is 3.20. The van der Waals surface area contributed by atoms with E-state index in [1.165, 1.54) is 0 Å². The first kappa shape index (κ1) is 21.4. The van der Waals surface area contributed by atoms with Crippen molar-refractivity contribution in [3.8, 4) is 11.5 Å². The van der Waals surface area contributed by atoms with Gasteiger partial charge in [-0.1, -0.05) is 31.9 Å². The van der Waals surface area contributed by atoms with Gasteiger partial charge in [0.05, 0.1) is 27.3 Å². The number of carbonyl (C=O) groups excluding carboxylic acids is 1. The molecule has 0 unspecified atom stereocenters. The molecule has 0 aliphatic heterocycles. The number of nitrogens with one attached hydrogen (secondary N) is 1. The molecule has 0 aromatic heterocycles. The summed E-state index contributed by atoms with van der Waals surface area (Å²) in [5.74, 6) is 1.37. The SMILES string of the molecule is COc1ccc(C(C)=NCC(=O)CNc2cc(Br)c(C)c(Br)c2)c(OC)c1. The van der Waals surface area contributed by atoms with Crippen LogP contribution in [0.2, 0.25) is 0 Å². The van der Waals surface area contributed by atoms with Gasteiger partial charge in [0.25, 0.3) is 0 Å². The molecular weight excluding hydrogens is 476 g/mol. The second-order valence-electron chi connectivity index (χ2n) is 5.92. The molecule has 0 amide bonds. The quantitative estimate of drug-likeness (QED) is 0.520. The van der Waals surface area contributed by atoms with Crippen LogP contribution in [-0.4, -0.2) is 38.8 Å². The van der Waals surface area contributed by atoms with Gasteiger partial charge in [-0.15, -0.1) is 0 Å². The molecule has 5 nitrogen and oxygen atoms in total. The van der Waals surface area contributed by atoms with Crippen molar-refractivity contribution in [2.24, 2.45) is 4.99 Å². The molecule has 0 aliphatic rings. The van der Waals surface area contributed by atoms with Gasteiger partial charge < -0.3 is 14.8 Å². The lowest BCUT2D eigenvalue weighted by molar-refractivity contribution is -0.116. The first-order valence-electron chi connectivity index (χ1n) is 8.30. The van der Waals surface area contributed by atoms with Gasteiger partial charge in [-0.25, -0.2) is 0 Å². The Morgan fingerprint density at radius 1 is 1.11 bits per heavy atom. The summed E-state index contributed by atoms with van der Waals surface area (Å²) >= 11 is 7.01. The number of hydrogen-bond acceptors (Lipinski definition) is 5. The molecule has 27 heavy (non-hydrogen) atoms. The highest BCUT2D eigenvalue weighted by Crippen LogP contribution is 2.28. The second kappa shape index (κ2) is 9.90. The van der Waals surface area contributed by atoms with Gasteiger partial charge in [0.2, 0.25) is 0 Å². The normalized spacial score (nSPS) is 11.3. The van der Waals surface area contributed by atoms with E-state index in [2.05, 4.69) is 42.2 Å². The van der Waals surface area contributed by atoms with Crippen molar-refractivity contribution in [3.05, 3.63) is 50.4 Å². The predicted molar refractivity (Wildman–Crippen MR) is 117 cm³/mol. The van der Waals surface area contributed by atoms with Crippen LogP contribution in [0, 0.1) is 6.92 Å². The van der Waals surface area contributed by atoms with Crippen molar-refractivity contribution in [1.29, 1.82) is 0 Å². The van der Waals surface area contributed by atoms with Crippen LogP contribution < -0.4 is 14.8 Å². The van der Waals surface area contributed by atoms with E-state index in [0.717, 1.165) is 31.5 Å². The fourth-order valence-corrected chi connectivity index (χ4v) is 3.58. The average Bonchev–Trinajstić information content (AvgIpc) is 2.67. The van der Waals surface area contributed by atoms with Crippen molar-refractivity contribution >= 4 is 49.0 Å². The number of ketones is 1. The second-order valence-corrected chi connectivity index (χ2v) is 7.63. The van der Waals surface area contributed by atoms with Gasteiger partial charge in [0, 0.05) is 32.0 Å². The Labute approximate surface area is 176 Å². The molecule has 0 saturated heterocycles. The molecule has 1 N–H and O–H groups in total. The highest BCUT2D eigenvalue weighted by atomic mass is 79.9. The highest BCUT2D eigenvalue weighted by Gasteiger charge is 2.09. The summed E-state index contributed by atoms with van der Waals surface area (Å²) in [4.78, 5) is 16.6. The van der Waals surface area contributed by atoms with Crippen LogP contribution in [0.5, 0.6) is 11.5 Å². The minimum Gasteiger partial charge on any atom is -0.497 e. The lowest BCUT2D eigenvalue weighted by Gasteiger charge is -2.11. The first-order chi connectivity index (χ1) is 12.8. The minimum atomic E-state index is -0.00496. The number of hydrogen-bond donors (Lipinski definition) is 1. The number of Topliss-reactive ketones (excluding diaryl/α,β-unsaturated/α-hetero) is 1. The molecule has 0 radical (unpaired) electrons. The van der Waals surface area contributed by atoms with Gasteiger partial charge in [-0.05, 0) is 43.7 Å². The van der Waals surface area contributed by atoms with Gasteiger partial charge in [0.15, 0.2) is 5.78 Å². The topological polar surface area (TPSA) is 59.9 Å². The summed E-state index contributed by atoms with van der Waals surface area (Å²) in [5.41, 5.74) is 3.56. The number of benzene rings is 2. The van der Waals surface area contributed by atoms with Gasteiger partial charge >= 0.3 is 0 Å². The van der Waals surface area contributed by atoms with Gasteiger partial charge in [-0.2, -0.15) is 0 Å². The van der Waals surface area contributed by atoms with Gasteiger partial charge in [0.1, 0.15) is 11.5 Å². The maximum Gasteiger partial charge on any atom is 0.173 e. The van der Waals surface area contributed by atoms with Crippen LogP contribution in [0.4, 0.5) is 5.69 Å². The fraction of sp³-hybridized carbons (Fsp3) is 0.300. The number of methoxy groups -OCH3 is 2. The molecule has 0 fully saturated rings. The largest absolute Gasteiger partial charge is 0.497 e. The number of rotatable bonds is 8. The van der Waals surface area contributed by atoms with Crippen LogP contribution in [0.3, 0.4) is 0 Å². The Hall–Kier alpha value is -1.86. The van der Waals surface area contributed by atoms with Crippen LogP contribution in [0.1, 0.15) is 18.1 Å². The zero-order valence-corrected chi connectivity index (χ0v) is 18.9. The molecule has 2 aromatic rings. The van der Waals surface area contributed by atoms with E-state index in [1.54, 1.807) is 20.3 Å². The minimum absolute atomic E-state index is 0.00496. The van der Waals surface area contributed by atoms with Crippen molar-refractivity contribution in [2.75, 3.05) is 32.6 Å². The molecule has 144 valence electrons. The molecule has 0 atom stereocenters. The molecule has 7 heteroatoms. The van der Waals surface area contributed by atoms with Crippen molar-refractivity contribution in [1.82, 2.24) is 0 Å². The van der Waals surface area contributed by atoms with Crippen molar-refractivity contribution in [3.63, 3.8) is 0 Å². The van der Waals surface area contributed by atoms with E-state index in [4.69, 9.17) is 9.47 Å². The van der Waals surface area contributed by atoms with Crippen molar-refractivity contribution < 1.29 is 14.3 Å². The van der Waals surface area contributed by atoms with E-state index in [0.29, 0.717) is 11.5 Å². The molecule has 2 rings (SSSR count). The first-order valence-corrected chi connectivity index (χ1v) is 9.89. The lowest BCUT2D eigenvalue weighted by Crippen LogP contribution is -2.17. The molecule has 0 heterocycles. The fourth-order valence-electron chi connectivity index (χ4n) is 2.39. The third-order valence-electron chi connectivity index (χ3n) is 4.06. The molecule has 0 aliphatic carbocycles. The summed E-state index contributed by atoms with van der Waals surface area (Å²) < 4.78 is 12.5. The van der Waals surface area contributed by atoms with E-state index < -0.39 is 0 Å². The Morgan fingerprint density at radius 2 is 1.78 bits per heavy atom. The molecule has 0 spiro atoms. The maximum atomic E-state index is 12.2. The number of ether oxygens (including phenoxy) is 2. The lowest BCUT2D eigenvalue weighted by atomic mass is 10.1. The summed E-state index contributed by atoms with van der Waals surface area (Å²) in [5, 5.41) is 3.13. The molecule has 0 bridgehead atoms. The monoisotopic (exact) mass is 496 g/mol. The Morgan fingerprint density at radius 3 is 2.37 bits per heavy atom. The highest BCUT2D eigenvalue weighted by molar-refractivity contribution is 9.11. The molecule has 2 aromatic carbocycles. The van der Waals surface area contributed by atoms with E-state index >= 15 is 0 Å². The summed E-state index contributed by atoms with van der Waals surface area (Å²) in [6, 6.07) is 9.41. The third kappa shape index (κ3) is 5.81. The Kier molecular flexibility index (Phi) is 7.86. The number of nitrogens with zero attached hydrogens (tertiary/aromatic N) is 1. The number of anilines is 1. The standard InChI is InChI=1S/C20H22Br2N2O3/c1-12-18(21)7-14(8-19(12)22)24-11-15(25)10-23-13(2)17-6-5-16(26-3)9-20(17)27-4/h5-9,24H,10-11H2,1-4H3. The average molecular weight is 498 g/mol. The maximum absolute atomic E-state index is 12.2. The summed E-state index contributed by atoms with van der Waals surface area (Å²) in [6.45, 7) is 4.17. The number of aliphatic imine (C=N–C) groups is 1. The number of carbonyl (C=O) groups is 1. The predicted octanol–water partition coefficient (Wildman–Crippen LogP) is 5.03. The van der Waals surface area contributed by atoms with Crippen LogP contribution >= 0.6 is 31.9 Å². The van der Waals surface area contributed by atoms with E-state index in [-0.39, 0.29) is 18.9 Å². The van der Waals surface area contributed by atoms with Crippen LogP contribution in [0.15, 0.2) is 44.3 Å². The van der Waals surface area contributed by atoms with Crippen molar-refractivity contribution in [2.45, 2.75) is 13.8 Å². The smallest absolute Gasteiger partial charge is 0.173 e. The van der Waals surface area contributed by atoms with E-state index in [1.807, 2.05) is 38.1 Å². The Balaban J connectivity index is 2.00. The molecule has 0 saturated carbocycles. The zero-order valence-electron chi connectivity index (χ0n) is 15.7. The molecular formula is C20H22Br2N2O3. The van der Waals surface area contributed by atoms with E-state index in [9.17, 15) is 4.79 Å². The van der Waals surface area contributed by atoms with Crippen LogP contribution in [0.25, 0.3) is 0 Å². The third-order valence-corrected chi connectivity index (χ3v) is 5.71. The zero-order chi connectivity index (χ0) is 20.0. The van der Waals surface area contributed by atoms with Crippen LogP contribution in [-0.2, 0) is 4.79 Å². The Bertz CT molecular complexity index is 843. The van der Waals surface area contributed by atoms with Gasteiger partial charge in [-0.3, -0.25) is 9.79 Å². The summed E-state index contributed by atoms with van der Waals surface area (Å²) in [6.07, 6.45) is 0. The number of halogens is 2.